The van der Waals surface area contributed by atoms with Crippen molar-refractivity contribution in [3.63, 3.8) is 0 Å². The number of phenols is 1. The van der Waals surface area contributed by atoms with E-state index >= 15 is 0 Å². The number of hydrogen-bond acceptors (Lipinski definition) is 6. The van der Waals surface area contributed by atoms with Gasteiger partial charge in [-0.1, -0.05) is 28.1 Å². The zero-order valence-electron chi connectivity index (χ0n) is 14.7. The Morgan fingerprint density at radius 3 is 2.56 bits per heavy atom. The van der Waals surface area contributed by atoms with Crippen LogP contribution in [0.15, 0.2) is 46.0 Å². The van der Waals surface area contributed by atoms with E-state index in [1.807, 2.05) is 0 Å². The minimum atomic E-state index is -0.611. The number of nitrogens with zero attached hydrogens (tertiary/aromatic N) is 1. The highest BCUT2D eigenvalue weighted by Gasteiger charge is 2.12. The number of nitrogens with one attached hydrogen (secondary N) is 2. The first kappa shape index (κ1) is 20.2. The van der Waals surface area contributed by atoms with Crippen molar-refractivity contribution in [3.8, 4) is 17.2 Å². The van der Waals surface area contributed by atoms with Crippen LogP contribution in [0, 0.1) is 0 Å². The fourth-order valence-electron chi connectivity index (χ4n) is 2.15. The minimum Gasteiger partial charge on any atom is -0.504 e. The molecular weight excluding hydrogens is 418 g/mol. The third kappa shape index (κ3) is 5.71. The molecule has 0 radical (unpaired) electrons. The average Bonchev–Trinajstić information content (AvgIpc) is 2.64. The van der Waals surface area contributed by atoms with Crippen molar-refractivity contribution >= 4 is 39.6 Å². The molecule has 0 heterocycles. The molecule has 0 aliphatic rings. The van der Waals surface area contributed by atoms with Crippen molar-refractivity contribution < 1.29 is 24.2 Å². The third-order valence-electron chi connectivity index (χ3n) is 3.38. The smallest absolute Gasteiger partial charge is 0.249 e. The third-order valence-corrected chi connectivity index (χ3v) is 3.84. The Balaban J connectivity index is 1.93. The van der Waals surface area contributed by atoms with Crippen LogP contribution in [0.2, 0.25) is 0 Å². The quantitative estimate of drug-likeness (QED) is 0.351. The molecule has 0 fully saturated rings. The lowest BCUT2D eigenvalue weighted by atomic mass is 10.2. The molecule has 0 bridgehead atoms. The number of methoxy groups -OCH3 is 2. The molecule has 0 saturated carbocycles. The number of para-hydroxylation sites is 2. The Labute approximate surface area is 164 Å². The van der Waals surface area contributed by atoms with E-state index in [2.05, 4.69) is 31.8 Å². The molecule has 2 aromatic carbocycles. The first-order chi connectivity index (χ1) is 12.9. The van der Waals surface area contributed by atoms with Crippen LogP contribution >= 0.6 is 15.9 Å². The van der Waals surface area contributed by atoms with Gasteiger partial charge in [0, 0.05) is 10.0 Å². The number of amides is 2. The lowest BCUT2D eigenvalue weighted by Crippen LogP contribution is -2.24. The summed E-state index contributed by atoms with van der Waals surface area (Å²) in [6, 6.07) is 10.0. The SMILES string of the molecule is COc1ccccc1NC(=O)CC(=O)NN=Cc1cc(Br)cc(OC)c1O. The maximum Gasteiger partial charge on any atom is 0.249 e. The molecule has 0 aromatic heterocycles. The molecule has 2 amide bonds. The zero-order valence-corrected chi connectivity index (χ0v) is 16.2. The van der Waals surface area contributed by atoms with Crippen molar-refractivity contribution in [2.24, 2.45) is 5.10 Å². The van der Waals surface area contributed by atoms with Crippen LogP contribution in [-0.4, -0.2) is 37.4 Å². The van der Waals surface area contributed by atoms with E-state index in [1.54, 1.807) is 36.4 Å². The molecule has 9 heteroatoms. The van der Waals surface area contributed by atoms with E-state index in [0.29, 0.717) is 21.5 Å². The number of phenolic OH excluding ortho intramolecular Hbond substituents is 1. The molecule has 27 heavy (non-hydrogen) atoms. The summed E-state index contributed by atoms with van der Waals surface area (Å²) in [6.07, 6.45) is 0.821. The number of aromatic hydroxyl groups is 1. The Morgan fingerprint density at radius 1 is 1.15 bits per heavy atom. The van der Waals surface area contributed by atoms with Gasteiger partial charge in [0.05, 0.1) is 26.1 Å². The molecule has 0 spiro atoms. The molecule has 2 rings (SSSR count). The first-order valence-electron chi connectivity index (χ1n) is 7.76. The van der Waals surface area contributed by atoms with Gasteiger partial charge in [-0.05, 0) is 24.3 Å². The van der Waals surface area contributed by atoms with Gasteiger partial charge < -0.3 is 19.9 Å². The van der Waals surface area contributed by atoms with Gasteiger partial charge in [0.25, 0.3) is 0 Å². The van der Waals surface area contributed by atoms with Crippen LogP contribution in [0.3, 0.4) is 0 Å². The van der Waals surface area contributed by atoms with Gasteiger partial charge in [-0.25, -0.2) is 5.43 Å². The maximum atomic E-state index is 12.0. The molecule has 2 aromatic rings. The number of anilines is 1. The van der Waals surface area contributed by atoms with E-state index in [1.165, 1.54) is 20.4 Å². The number of benzene rings is 2. The zero-order chi connectivity index (χ0) is 19.8. The Kier molecular flexibility index (Phi) is 7.18. The largest absolute Gasteiger partial charge is 0.504 e. The second-order valence-electron chi connectivity index (χ2n) is 5.26. The highest BCUT2D eigenvalue weighted by atomic mass is 79.9. The number of carbonyl (C=O) groups excluding carboxylic acids is 2. The van der Waals surface area contributed by atoms with Gasteiger partial charge in [-0.15, -0.1) is 0 Å². The molecule has 0 atom stereocenters. The summed E-state index contributed by atoms with van der Waals surface area (Å²) in [4.78, 5) is 23.8. The van der Waals surface area contributed by atoms with Gasteiger partial charge >= 0.3 is 0 Å². The molecule has 8 nitrogen and oxygen atoms in total. The summed E-state index contributed by atoms with van der Waals surface area (Å²) >= 11 is 3.28. The number of carbonyl (C=O) groups is 2. The average molecular weight is 436 g/mol. The van der Waals surface area contributed by atoms with Crippen molar-refractivity contribution in [2.45, 2.75) is 6.42 Å². The Morgan fingerprint density at radius 2 is 1.85 bits per heavy atom. The fraction of sp³-hybridized carbons (Fsp3) is 0.167. The first-order valence-corrected chi connectivity index (χ1v) is 8.55. The molecule has 0 aliphatic heterocycles. The molecule has 0 saturated heterocycles. The van der Waals surface area contributed by atoms with Crippen LogP contribution in [0.1, 0.15) is 12.0 Å². The van der Waals surface area contributed by atoms with Crippen LogP contribution in [0.25, 0.3) is 0 Å². The highest BCUT2D eigenvalue weighted by Crippen LogP contribution is 2.32. The van der Waals surface area contributed by atoms with Gasteiger partial charge in [0.1, 0.15) is 12.2 Å². The highest BCUT2D eigenvalue weighted by molar-refractivity contribution is 9.10. The van der Waals surface area contributed by atoms with Crippen LogP contribution < -0.4 is 20.2 Å². The topological polar surface area (TPSA) is 109 Å². The summed E-state index contributed by atoms with van der Waals surface area (Å²) in [5.41, 5.74) is 3.03. The second kappa shape index (κ2) is 9.58. The molecule has 0 aliphatic carbocycles. The Bertz CT molecular complexity index is 870. The molecule has 0 unspecified atom stereocenters. The minimum absolute atomic E-state index is 0.118. The van der Waals surface area contributed by atoms with Gasteiger partial charge in [0.2, 0.25) is 11.8 Å². The number of ether oxygens (including phenoxy) is 2. The summed E-state index contributed by atoms with van der Waals surface area (Å²) in [5.74, 6) is -0.497. The lowest BCUT2D eigenvalue weighted by molar-refractivity contribution is -0.126. The number of hydrogen-bond donors (Lipinski definition) is 3. The van der Waals surface area contributed by atoms with E-state index in [0.717, 1.165) is 0 Å². The van der Waals surface area contributed by atoms with Crippen molar-refractivity contribution in [2.75, 3.05) is 19.5 Å². The Hall–Kier alpha value is -3.07. The van der Waals surface area contributed by atoms with Gasteiger partial charge in [0.15, 0.2) is 11.5 Å². The van der Waals surface area contributed by atoms with Crippen molar-refractivity contribution in [1.29, 1.82) is 0 Å². The molecule has 142 valence electrons. The number of halogens is 1. The lowest BCUT2D eigenvalue weighted by Gasteiger charge is -2.09. The monoisotopic (exact) mass is 435 g/mol. The number of rotatable bonds is 7. The van der Waals surface area contributed by atoms with Crippen molar-refractivity contribution in [1.82, 2.24) is 5.43 Å². The van der Waals surface area contributed by atoms with E-state index < -0.39 is 18.2 Å². The fourth-order valence-corrected chi connectivity index (χ4v) is 2.60. The summed E-state index contributed by atoms with van der Waals surface area (Å²) < 4.78 is 10.8. The maximum absolute atomic E-state index is 12.0. The van der Waals surface area contributed by atoms with E-state index in [-0.39, 0.29) is 11.5 Å². The molecule has 3 N–H and O–H groups in total. The number of hydrazone groups is 1. The second-order valence-corrected chi connectivity index (χ2v) is 6.18. The van der Waals surface area contributed by atoms with E-state index in [9.17, 15) is 14.7 Å². The normalized spacial score (nSPS) is 10.5. The summed E-state index contributed by atoms with van der Waals surface area (Å²) in [7, 11) is 2.91. The van der Waals surface area contributed by atoms with Crippen LogP contribution in [0.4, 0.5) is 5.69 Å². The standard InChI is InChI=1S/C18H18BrN3O5/c1-26-14-6-4-3-5-13(14)21-16(23)9-17(24)22-20-10-11-7-12(19)8-15(27-2)18(11)25/h3-8,10,25H,9H2,1-2H3,(H,21,23)(H,22,24). The molecular formula is C18H18BrN3O5. The van der Waals surface area contributed by atoms with E-state index in [4.69, 9.17) is 9.47 Å². The van der Waals surface area contributed by atoms with Crippen molar-refractivity contribution in [3.05, 3.63) is 46.4 Å². The summed E-state index contributed by atoms with van der Waals surface area (Å²) in [5, 5.41) is 16.4. The van der Waals surface area contributed by atoms with Crippen LogP contribution in [-0.2, 0) is 9.59 Å². The van der Waals surface area contributed by atoms with Gasteiger partial charge in [-0.2, -0.15) is 5.10 Å². The van der Waals surface area contributed by atoms with Gasteiger partial charge in [-0.3, -0.25) is 9.59 Å². The predicted molar refractivity (Wildman–Crippen MR) is 104 cm³/mol. The predicted octanol–water partition coefficient (Wildman–Crippen LogP) is 2.65. The summed E-state index contributed by atoms with van der Waals surface area (Å²) in [6.45, 7) is 0. The van der Waals surface area contributed by atoms with Crippen LogP contribution in [0.5, 0.6) is 17.2 Å².